The van der Waals surface area contributed by atoms with Crippen LogP contribution in [0.4, 0.5) is 0 Å². The van der Waals surface area contributed by atoms with Crippen molar-refractivity contribution in [3.05, 3.63) is 60.2 Å². The summed E-state index contributed by atoms with van der Waals surface area (Å²) in [4.78, 5) is 0. The van der Waals surface area contributed by atoms with Gasteiger partial charge in [0.2, 0.25) is 0 Å². The summed E-state index contributed by atoms with van der Waals surface area (Å²) < 4.78 is 5.10. The Balaban J connectivity index is 2.18. The van der Waals surface area contributed by atoms with Crippen molar-refractivity contribution < 1.29 is 4.74 Å². The molecule has 1 aliphatic rings. The van der Waals surface area contributed by atoms with Gasteiger partial charge in [0, 0.05) is 19.1 Å². The Morgan fingerprint density at radius 1 is 1.33 bits per heavy atom. The number of halogens is 1. The maximum Gasteiger partial charge on any atom is 0.185 e. The Bertz CT molecular complexity index is 367. The van der Waals surface area contributed by atoms with Gasteiger partial charge in [-0.2, -0.15) is 0 Å². The third-order valence-electron chi connectivity index (χ3n) is 2.46. The molecule has 77 valence electrons. The fraction of sp³-hybridized carbons (Fsp3) is 0.231. The zero-order valence-electron chi connectivity index (χ0n) is 8.48. The molecule has 0 saturated heterocycles. The van der Waals surface area contributed by atoms with E-state index in [1.165, 1.54) is 5.56 Å². The highest BCUT2D eigenvalue weighted by Gasteiger charge is 2.24. The molecule has 0 saturated carbocycles. The van der Waals surface area contributed by atoms with Crippen molar-refractivity contribution in [2.24, 2.45) is 0 Å². The average Bonchev–Trinajstić information content (AvgIpc) is 2.31. The van der Waals surface area contributed by atoms with E-state index in [-0.39, 0.29) is 5.92 Å². The highest BCUT2D eigenvalue weighted by atomic mass is 35.5. The number of hydrogen-bond donors (Lipinski definition) is 0. The fourth-order valence-electron chi connectivity index (χ4n) is 1.54. The largest absolute Gasteiger partial charge is 0.355 e. The number of rotatable bonds is 2. The third kappa shape index (κ3) is 2.31. The summed E-state index contributed by atoms with van der Waals surface area (Å²) in [6.07, 6.45) is 8.82. The molecule has 0 bridgehead atoms. The van der Waals surface area contributed by atoms with Gasteiger partial charge in [-0.05, 0) is 11.6 Å². The van der Waals surface area contributed by atoms with Crippen molar-refractivity contribution in [1.29, 1.82) is 0 Å². The van der Waals surface area contributed by atoms with Gasteiger partial charge in [0.15, 0.2) is 5.06 Å². The van der Waals surface area contributed by atoms with E-state index in [1.54, 1.807) is 7.11 Å². The minimum atomic E-state index is -0.884. The summed E-state index contributed by atoms with van der Waals surface area (Å²) in [5.74, 6) is 0.244. The molecule has 2 heteroatoms. The topological polar surface area (TPSA) is 9.23 Å². The summed E-state index contributed by atoms with van der Waals surface area (Å²) in [5, 5.41) is -0.884. The normalized spacial score (nSPS) is 29.3. The van der Waals surface area contributed by atoms with Gasteiger partial charge in [-0.15, -0.1) is 0 Å². The van der Waals surface area contributed by atoms with E-state index in [4.69, 9.17) is 16.3 Å². The van der Waals surface area contributed by atoms with E-state index >= 15 is 0 Å². The Kier molecular flexibility index (Phi) is 2.94. The number of methoxy groups -OCH3 is 1. The predicted octanol–water partition coefficient (Wildman–Crippen LogP) is 3.28. The molecule has 1 aromatic carbocycles. The van der Waals surface area contributed by atoms with E-state index in [0.717, 1.165) is 0 Å². The number of allylic oxidation sites excluding steroid dienone is 2. The first-order chi connectivity index (χ1) is 7.23. The standard InChI is InChI=1S/C13H12ClO/c1-15-13(14)9-7-12(8-10-13)11-5-3-2-4-6-11/h2-9,12H,1H3. The van der Waals surface area contributed by atoms with Crippen LogP contribution in [0.5, 0.6) is 0 Å². The molecule has 1 aromatic rings. The lowest BCUT2D eigenvalue weighted by atomic mass is 9.94. The van der Waals surface area contributed by atoms with Crippen molar-refractivity contribution in [3.63, 3.8) is 0 Å². The molecule has 0 spiro atoms. The molecule has 0 aromatic heterocycles. The summed E-state index contributed by atoms with van der Waals surface area (Å²) in [5.41, 5.74) is 1.23. The lowest BCUT2D eigenvalue weighted by Crippen LogP contribution is -2.21. The molecule has 0 fully saturated rings. The second-order valence-electron chi connectivity index (χ2n) is 3.46. The number of hydrogen-bond acceptors (Lipinski definition) is 1. The lowest BCUT2D eigenvalue weighted by molar-refractivity contribution is 0.136. The van der Waals surface area contributed by atoms with Crippen molar-refractivity contribution in [2.45, 2.75) is 11.0 Å². The minimum absolute atomic E-state index is 0.244. The maximum absolute atomic E-state index is 6.06. The Labute approximate surface area is 95.0 Å². The average molecular weight is 220 g/mol. The first-order valence-corrected chi connectivity index (χ1v) is 5.21. The molecule has 1 radical (unpaired) electrons. The molecular formula is C13H12ClO. The van der Waals surface area contributed by atoms with Crippen molar-refractivity contribution in [3.8, 4) is 0 Å². The van der Waals surface area contributed by atoms with Gasteiger partial charge in [0.05, 0.1) is 0 Å². The van der Waals surface area contributed by atoms with Crippen LogP contribution in [-0.2, 0) is 4.74 Å². The second-order valence-corrected chi connectivity index (χ2v) is 4.02. The smallest absolute Gasteiger partial charge is 0.185 e. The number of alkyl halides is 1. The van der Waals surface area contributed by atoms with Crippen LogP contribution in [0.3, 0.4) is 0 Å². The van der Waals surface area contributed by atoms with Gasteiger partial charge in [0.1, 0.15) is 0 Å². The van der Waals surface area contributed by atoms with Gasteiger partial charge in [-0.25, -0.2) is 0 Å². The second kappa shape index (κ2) is 4.21. The first-order valence-electron chi connectivity index (χ1n) is 4.83. The zero-order valence-corrected chi connectivity index (χ0v) is 9.24. The highest BCUT2D eigenvalue weighted by Crippen LogP contribution is 2.29. The van der Waals surface area contributed by atoms with Crippen LogP contribution < -0.4 is 0 Å². The van der Waals surface area contributed by atoms with E-state index in [0.29, 0.717) is 0 Å². The molecule has 0 heterocycles. The van der Waals surface area contributed by atoms with E-state index in [1.807, 2.05) is 36.4 Å². The van der Waals surface area contributed by atoms with Crippen LogP contribution in [0.1, 0.15) is 11.5 Å². The monoisotopic (exact) mass is 219 g/mol. The van der Waals surface area contributed by atoms with Gasteiger partial charge >= 0.3 is 0 Å². The fourth-order valence-corrected chi connectivity index (χ4v) is 1.68. The summed E-state index contributed by atoms with van der Waals surface area (Å²) in [7, 11) is 1.57. The van der Waals surface area contributed by atoms with E-state index in [9.17, 15) is 0 Å². The van der Waals surface area contributed by atoms with Crippen LogP contribution in [-0.4, -0.2) is 12.2 Å². The quantitative estimate of drug-likeness (QED) is 0.548. The van der Waals surface area contributed by atoms with E-state index < -0.39 is 5.06 Å². The Morgan fingerprint density at radius 2 is 2.07 bits per heavy atom. The molecule has 0 aliphatic heterocycles. The molecular weight excluding hydrogens is 208 g/mol. The first kappa shape index (κ1) is 10.5. The van der Waals surface area contributed by atoms with Gasteiger partial charge < -0.3 is 4.74 Å². The molecule has 0 N–H and O–H groups in total. The SMILES string of the molecule is COC1(Cl)[C]=CC(c2ccccc2)C=C1. The van der Waals surface area contributed by atoms with Gasteiger partial charge in [-0.3, -0.25) is 0 Å². The van der Waals surface area contributed by atoms with E-state index in [2.05, 4.69) is 18.2 Å². The Morgan fingerprint density at radius 3 is 2.60 bits per heavy atom. The molecule has 2 unspecified atom stereocenters. The minimum Gasteiger partial charge on any atom is -0.355 e. The summed E-state index contributed by atoms with van der Waals surface area (Å²) in [6.45, 7) is 0. The summed E-state index contributed by atoms with van der Waals surface area (Å²) >= 11 is 6.06. The maximum atomic E-state index is 6.06. The van der Waals surface area contributed by atoms with Crippen molar-refractivity contribution in [1.82, 2.24) is 0 Å². The van der Waals surface area contributed by atoms with Crippen molar-refractivity contribution in [2.75, 3.05) is 7.11 Å². The molecule has 2 rings (SSSR count). The van der Waals surface area contributed by atoms with Crippen LogP contribution in [0, 0.1) is 6.08 Å². The lowest BCUT2D eigenvalue weighted by Gasteiger charge is -2.22. The molecule has 1 nitrogen and oxygen atoms in total. The van der Waals surface area contributed by atoms with Crippen LogP contribution in [0.2, 0.25) is 0 Å². The molecule has 1 aliphatic carbocycles. The molecule has 2 atom stereocenters. The molecule has 0 amide bonds. The van der Waals surface area contributed by atoms with Gasteiger partial charge in [-0.1, -0.05) is 54.1 Å². The zero-order chi connectivity index (χ0) is 10.7. The highest BCUT2D eigenvalue weighted by molar-refractivity contribution is 6.25. The Hall–Kier alpha value is -1.05. The summed E-state index contributed by atoms with van der Waals surface area (Å²) in [6, 6.07) is 10.2. The predicted molar refractivity (Wildman–Crippen MR) is 61.7 cm³/mol. The van der Waals surface area contributed by atoms with Crippen LogP contribution in [0.15, 0.2) is 48.6 Å². The van der Waals surface area contributed by atoms with Crippen LogP contribution >= 0.6 is 11.6 Å². The van der Waals surface area contributed by atoms with Crippen LogP contribution in [0.25, 0.3) is 0 Å². The third-order valence-corrected chi connectivity index (χ3v) is 2.85. The number of ether oxygens (including phenoxy) is 1. The van der Waals surface area contributed by atoms with Gasteiger partial charge in [0.25, 0.3) is 0 Å². The molecule has 15 heavy (non-hydrogen) atoms. The number of benzene rings is 1. The van der Waals surface area contributed by atoms with Crippen molar-refractivity contribution >= 4 is 11.6 Å².